The van der Waals surface area contributed by atoms with E-state index < -0.39 is 5.54 Å². The van der Waals surface area contributed by atoms with Crippen molar-refractivity contribution in [1.29, 1.82) is 0 Å². The molecule has 0 saturated carbocycles. The van der Waals surface area contributed by atoms with Crippen molar-refractivity contribution in [2.24, 2.45) is 5.73 Å². The molecule has 0 radical (unpaired) electrons. The van der Waals surface area contributed by atoms with Crippen molar-refractivity contribution in [1.82, 2.24) is 15.2 Å². The number of pyridine rings is 1. The monoisotopic (exact) mass is 264 g/mol. The van der Waals surface area contributed by atoms with Crippen LogP contribution < -0.4 is 11.1 Å². The fourth-order valence-corrected chi connectivity index (χ4v) is 1.75. The number of nitrogens with one attached hydrogen (secondary N) is 1. The van der Waals surface area contributed by atoms with Crippen LogP contribution in [0.1, 0.15) is 19.0 Å². The number of hydrogen-bond donors (Lipinski definition) is 2. The molecule has 19 heavy (non-hydrogen) atoms. The molecule has 1 heterocycles. The molecule has 5 heteroatoms. The van der Waals surface area contributed by atoms with Gasteiger partial charge in [-0.05, 0) is 39.6 Å². The number of primary amides is 1. The van der Waals surface area contributed by atoms with Crippen LogP contribution in [0.25, 0.3) is 0 Å². The molecule has 0 bridgehead atoms. The first-order chi connectivity index (χ1) is 8.98. The largest absolute Gasteiger partial charge is 0.368 e. The molecule has 106 valence electrons. The Balaban J connectivity index is 2.35. The molecule has 1 aromatic rings. The minimum atomic E-state index is -0.640. The van der Waals surface area contributed by atoms with Crippen LogP contribution in [0.3, 0.4) is 0 Å². The van der Waals surface area contributed by atoms with Gasteiger partial charge in [0.2, 0.25) is 5.91 Å². The van der Waals surface area contributed by atoms with Gasteiger partial charge in [-0.2, -0.15) is 0 Å². The highest BCUT2D eigenvalue weighted by Gasteiger charge is 2.28. The third kappa shape index (κ3) is 4.96. The molecule has 1 amide bonds. The smallest absolute Gasteiger partial charge is 0.237 e. The number of likely N-dealkylation sites (N-methyl/N-ethyl adjacent to an activating group) is 2. The van der Waals surface area contributed by atoms with E-state index in [1.807, 2.05) is 32.2 Å². The van der Waals surface area contributed by atoms with E-state index in [-0.39, 0.29) is 5.91 Å². The number of amides is 1. The minimum Gasteiger partial charge on any atom is -0.368 e. The predicted octanol–water partition coefficient (Wildman–Crippen LogP) is 0.409. The molecule has 5 nitrogen and oxygen atoms in total. The third-order valence-electron chi connectivity index (χ3n) is 3.56. The zero-order valence-electron chi connectivity index (χ0n) is 12.0. The maximum absolute atomic E-state index is 11.4. The Hall–Kier alpha value is -1.46. The van der Waals surface area contributed by atoms with Gasteiger partial charge in [0, 0.05) is 31.4 Å². The number of hydrogen-bond acceptors (Lipinski definition) is 4. The molecule has 1 aromatic heterocycles. The molecular formula is C14H24N4O. The van der Waals surface area contributed by atoms with E-state index in [2.05, 4.69) is 15.2 Å². The fourth-order valence-electron chi connectivity index (χ4n) is 1.75. The Bertz CT molecular complexity index is 396. The van der Waals surface area contributed by atoms with Crippen molar-refractivity contribution in [2.75, 3.05) is 27.2 Å². The van der Waals surface area contributed by atoms with Crippen LogP contribution in [-0.4, -0.2) is 48.5 Å². The van der Waals surface area contributed by atoms with Crippen molar-refractivity contribution < 1.29 is 4.79 Å². The second kappa shape index (κ2) is 7.21. The van der Waals surface area contributed by atoms with Crippen LogP contribution in [0.4, 0.5) is 0 Å². The number of aromatic nitrogens is 1. The molecule has 0 fully saturated rings. The summed E-state index contributed by atoms with van der Waals surface area (Å²) in [5.41, 5.74) is 5.85. The fraction of sp³-hybridized carbons (Fsp3) is 0.571. The molecule has 1 unspecified atom stereocenters. The van der Waals surface area contributed by atoms with E-state index in [0.29, 0.717) is 6.42 Å². The highest BCUT2D eigenvalue weighted by Crippen LogP contribution is 2.09. The predicted molar refractivity (Wildman–Crippen MR) is 76.7 cm³/mol. The Morgan fingerprint density at radius 3 is 2.74 bits per heavy atom. The Morgan fingerprint density at radius 2 is 2.21 bits per heavy atom. The number of carbonyl (C=O) groups is 1. The SMILES string of the molecule is CNC(C)(CCN(C)CCc1ccccn1)C(N)=O. The summed E-state index contributed by atoms with van der Waals surface area (Å²) in [5.74, 6) is -0.312. The van der Waals surface area contributed by atoms with Crippen LogP contribution in [0.2, 0.25) is 0 Å². The summed E-state index contributed by atoms with van der Waals surface area (Å²) < 4.78 is 0. The van der Waals surface area contributed by atoms with Gasteiger partial charge in [0.15, 0.2) is 0 Å². The topological polar surface area (TPSA) is 71.2 Å². The van der Waals surface area contributed by atoms with Gasteiger partial charge in [0.25, 0.3) is 0 Å². The van der Waals surface area contributed by atoms with E-state index in [1.54, 1.807) is 13.2 Å². The van der Waals surface area contributed by atoms with E-state index in [1.165, 1.54) is 0 Å². The lowest BCUT2D eigenvalue weighted by molar-refractivity contribution is -0.124. The van der Waals surface area contributed by atoms with Crippen molar-refractivity contribution in [3.05, 3.63) is 30.1 Å². The van der Waals surface area contributed by atoms with E-state index in [4.69, 9.17) is 5.73 Å². The summed E-state index contributed by atoms with van der Waals surface area (Å²) in [6.07, 6.45) is 3.40. The summed E-state index contributed by atoms with van der Waals surface area (Å²) >= 11 is 0. The first kappa shape index (κ1) is 15.6. The van der Waals surface area contributed by atoms with E-state index >= 15 is 0 Å². The Labute approximate surface area is 115 Å². The van der Waals surface area contributed by atoms with Gasteiger partial charge in [-0.15, -0.1) is 0 Å². The van der Waals surface area contributed by atoms with Crippen LogP contribution in [0.15, 0.2) is 24.4 Å². The first-order valence-electron chi connectivity index (χ1n) is 6.55. The van der Waals surface area contributed by atoms with E-state index in [9.17, 15) is 4.79 Å². The molecular weight excluding hydrogens is 240 g/mol. The highest BCUT2D eigenvalue weighted by molar-refractivity contribution is 5.84. The second-order valence-corrected chi connectivity index (χ2v) is 5.07. The molecule has 1 atom stereocenters. The lowest BCUT2D eigenvalue weighted by atomic mass is 9.97. The summed E-state index contributed by atoms with van der Waals surface area (Å²) in [7, 11) is 3.80. The zero-order chi connectivity index (χ0) is 14.3. The quantitative estimate of drug-likeness (QED) is 0.713. The second-order valence-electron chi connectivity index (χ2n) is 5.07. The minimum absolute atomic E-state index is 0.312. The van der Waals surface area contributed by atoms with Gasteiger partial charge in [0.1, 0.15) is 0 Å². The van der Waals surface area contributed by atoms with Crippen LogP contribution in [-0.2, 0) is 11.2 Å². The lowest BCUT2D eigenvalue weighted by Crippen LogP contribution is -2.53. The Kier molecular flexibility index (Phi) is 5.92. The number of rotatable bonds is 8. The molecule has 0 saturated heterocycles. The summed E-state index contributed by atoms with van der Waals surface area (Å²) in [6.45, 7) is 3.56. The van der Waals surface area contributed by atoms with Gasteiger partial charge >= 0.3 is 0 Å². The van der Waals surface area contributed by atoms with Crippen molar-refractivity contribution in [3.8, 4) is 0 Å². The molecule has 0 aromatic carbocycles. The van der Waals surface area contributed by atoms with Crippen molar-refractivity contribution in [2.45, 2.75) is 25.3 Å². The molecule has 0 aliphatic rings. The average Bonchev–Trinajstić information content (AvgIpc) is 2.43. The van der Waals surface area contributed by atoms with Crippen LogP contribution in [0.5, 0.6) is 0 Å². The van der Waals surface area contributed by atoms with Gasteiger partial charge in [0.05, 0.1) is 5.54 Å². The lowest BCUT2D eigenvalue weighted by Gasteiger charge is -2.28. The van der Waals surface area contributed by atoms with Crippen LogP contribution in [0, 0.1) is 0 Å². The maximum atomic E-state index is 11.4. The normalized spacial score (nSPS) is 14.3. The van der Waals surface area contributed by atoms with Gasteiger partial charge in [-0.3, -0.25) is 9.78 Å². The summed E-state index contributed by atoms with van der Waals surface area (Å²) in [6, 6.07) is 5.93. The summed E-state index contributed by atoms with van der Waals surface area (Å²) in [4.78, 5) is 17.9. The Morgan fingerprint density at radius 1 is 1.47 bits per heavy atom. The van der Waals surface area contributed by atoms with Gasteiger partial charge in [-0.1, -0.05) is 6.07 Å². The van der Waals surface area contributed by atoms with Crippen LogP contribution >= 0.6 is 0 Å². The molecule has 1 rings (SSSR count). The van der Waals surface area contributed by atoms with Gasteiger partial charge < -0.3 is 16.0 Å². The number of nitrogens with zero attached hydrogens (tertiary/aromatic N) is 2. The standard InChI is InChI=1S/C14H24N4O/c1-14(16-2,13(15)19)8-11-18(3)10-7-12-6-4-5-9-17-12/h4-6,9,16H,7-8,10-11H2,1-3H3,(H2,15,19). The zero-order valence-corrected chi connectivity index (χ0v) is 12.0. The number of nitrogens with two attached hydrogens (primary N) is 1. The molecule has 0 aliphatic carbocycles. The summed E-state index contributed by atoms with van der Waals surface area (Å²) in [5, 5.41) is 2.99. The maximum Gasteiger partial charge on any atom is 0.237 e. The van der Waals surface area contributed by atoms with Crippen molar-refractivity contribution >= 4 is 5.91 Å². The van der Waals surface area contributed by atoms with Crippen molar-refractivity contribution in [3.63, 3.8) is 0 Å². The van der Waals surface area contributed by atoms with Gasteiger partial charge in [-0.25, -0.2) is 0 Å². The first-order valence-corrected chi connectivity index (χ1v) is 6.55. The van der Waals surface area contributed by atoms with E-state index in [0.717, 1.165) is 25.2 Å². The average molecular weight is 264 g/mol. The third-order valence-corrected chi connectivity index (χ3v) is 3.56. The molecule has 0 aliphatic heterocycles. The molecule has 3 N–H and O–H groups in total. The number of carbonyl (C=O) groups excluding carboxylic acids is 1. The highest BCUT2D eigenvalue weighted by atomic mass is 16.1. The molecule has 0 spiro atoms.